The zero-order valence-corrected chi connectivity index (χ0v) is 25.9. The van der Waals surface area contributed by atoms with Crippen molar-refractivity contribution >= 4 is 45.6 Å². The number of amides is 1. The van der Waals surface area contributed by atoms with Gasteiger partial charge in [-0.25, -0.2) is 14.4 Å². The summed E-state index contributed by atoms with van der Waals surface area (Å²) in [5.74, 6) is 8.38. The molecule has 4 fully saturated rings. The van der Waals surface area contributed by atoms with E-state index in [4.69, 9.17) is 21.1 Å². The summed E-state index contributed by atoms with van der Waals surface area (Å²) in [5.41, 5.74) is 2.52. The molecule has 3 aromatic rings. The molecular formula is C34H36ClFN6O3. The van der Waals surface area contributed by atoms with E-state index in [0.717, 1.165) is 39.0 Å². The molecule has 9 nitrogen and oxygen atoms in total. The Hall–Kier alpha value is -3.59. The number of hydrogen-bond acceptors (Lipinski definition) is 8. The summed E-state index contributed by atoms with van der Waals surface area (Å²) in [6.07, 6.45) is 7.28. The summed E-state index contributed by atoms with van der Waals surface area (Å²) < 4.78 is 25.4. The van der Waals surface area contributed by atoms with Crippen LogP contribution in [-0.4, -0.2) is 90.9 Å². The number of carbonyl (C=O) groups excluding carboxylic acids is 1. The Labute approximate surface area is 267 Å². The first-order valence-electron chi connectivity index (χ1n) is 15.5. The van der Waals surface area contributed by atoms with E-state index in [1.54, 1.807) is 12.1 Å². The Morgan fingerprint density at radius 2 is 1.84 bits per heavy atom. The third kappa shape index (κ3) is 6.83. The van der Waals surface area contributed by atoms with E-state index in [9.17, 15) is 9.18 Å². The molecule has 4 aliphatic rings. The van der Waals surface area contributed by atoms with Gasteiger partial charge in [-0.2, -0.15) is 0 Å². The fraction of sp³-hybridized carbons (Fsp3) is 0.441. The van der Waals surface area contributed by atoms with E-state index in [0.29, 0.717) is 71.2 Å². The first kappa shape index (κ1) is 30.1. The van der Waals surface area contributed by atoms with Gasteiger partial charge in [0.05, 0.1) is 47.2 Å². The average Bonchev–Trinajstić information content (AvgIpc) is 3.70. The molecule has 4 atom stereocenters. The van der Waals surface area contributed by atoms with Crippen LogP contribution >= 0.6 is 11.6 Å². The summed E-state index contributed by atoms with van der Waals surface area (Å²) in [5, 5.41) is 6.95. The fourth-order valence-electron chi connectivity index (χ4n) is 7.12. The molecule has 0 bridgehead atoms. The van der Waals surface area contributed by atoms with Crippen molar-refractivity contribution in [3.05, 3.63) is 65.2 Å². The minimum absolute atomic E-state index is 0.00565. The van der Waals surface area contributed by atoms with Crippen molar-refractivity contribution in [1.29, 1.82) is 0 Å². The fourth-order valence-corrected chi connectivity index (χ4v) is 7.30. The second-order valence-electron chi connectivity index (χ2n) is 12.5. The first-order valence-corrected chi connectivity index (χ1v) is 15.9. The van der Waals surface area contributed by atoms with E-state index in [2.05, 4.69) is 49.3 Å². The van der Waals surface area contributed by atoms with Crippen molar-refractivity contribution in [1.82, 2.24) is 19.8 Å². The average molecular weight is 631 g/mol. The van der Waals surface area contributed by atoms with Crippen LogP contribution in [0.25, 0.3) is 10.9 Å². The van der Waals surface area contributed by atoms with Gasteiger partial charge in [0.25, 0.3) is 0 Å². The predicted molar refractivity (Wildman–Crippen MR) is 172 cm³/mol. The van der Waals surface area contributed by atoms with Gasteiger partial charge in [-0.05, 0) is 62.1 Å². The highest BCUT2D eigenvalue weighted by atomic mass is 35.5. The van der Waals surface area contributed by atoms with Gasteiger partial charge in [-0.1, -0.05) is 29.5 Å². The highest BCUT2D eigenvalue weighted by Crippen LogP contribution is 2.41. The second kappa shape index (κ2) is 13.0. The van der Waals surface area contributed by atoms with Crippen LogP contribution in [0.3, 0.4) is 0 Å². The minimum Gasteiger partial charge on any atom is -0.372 e. The van der Waals surface area contributed by atoms with Crippen LogP contribution < -0.4 is 10.6 Å². The van der Waals surface area contributed by atoms with E-state index in [1.165, 1.54) is 18.5 Å². The Bertz CT molecular complexity index is 1660. The standard InChI is InChI=1S/C34H36ClFN6O3/c1-41-16-23-11-21(12-24(23)17-41)4-5-22-13-30-26(34(38-20-37-30)39-25-6-7-28(36)27(35)14-25)15-29(22)40-33(43)3-2-8-42-18-31-32(19-42)45-10-9-44-31/h2-3,6-7,13-15,20-21,23-24,31-32H,8-12,16-19H2,1H3,(H,40,43)(H,37,38,39)/b3-2+. The largest absolute Gasteiger partial charge is 0.372 e. The third-order valence-corrected chi connectivity index (χ3v) is 9.52. The van der Waals surface area contributed by atoms with Gasteiger partial charge < -0.3 is 25.0 Å². The Balaban J connectivity index is 1.13. The number of aromatic nitrogens is 2. The molecule has 2 aromatic carbocycles. The molecular weight excluding hydrogens is 595 g/mol. The van der Waals surface area contributed by atoms with Crippen molar-refractivity contribution in [2.45, 2.75) is 25.0 Å². The second-order valence-corrected chi connectivity index (χ2v) is 12.9. The van der Waals surface area contributed by atoms with Gasteiger partial charge in [0, 0.05) is 55.8 Å². The zero-order valence-electron chi connectivity index (χ0n) is 25.1. The minimum atomic E-state index is -0.501. The summed E-state index contributed by atoms with van der Waals surface area (Å²) in [7, 11) is 2.19. The lowest BCUT2D eigenvalue weighted by Gasteiger charge is -2.24. The maximum absolute atomic E-state index is 13.8. The lowest BCUT2D eigenvalue weighted by Crippen LogP contribution is -2.36. The van der Waals surface area contributed by atoms with Crippen LogP contribution in [0.2, 0.25) is 5.02 Å². The molecule has 0 radical (unpaired) electrons. The van der Waals surface area contributed by atoms with Crippen molar-refractivity contribution in [3.8, 4) is 11.8 Å². The monoisotopic (exact) mass is 630 g/mol. The zero-order chi connectivity index (χ0) is 30.9. The van der Waals surface area contributed by atoms with Crippen molar-refractivity contribution in [2.24, 2.45) is 17.8 Å². The summed E-state index contributed by atoms with van der Waals surface area (Å²) in [4.78, 5) is 26.7. The number of halogens is 2. The summed E-state index contributed by atoms with van der Waals surface area (Å²) in [6, 6.07) is 8.12. The molecule has 4 heterocycles. The SMILES string of the molecule is CN1CC2CC(C#Cc3cc4ncnc(Nc5ccc(F)c(Cl)c5)c4cc3NC(=O)/C=C/CN3CC4OCCOC4C3)CC2C1. The number of anilines is 3. The smallest absolute Gasteiger partial charge is 0.248 e. The van der Waals surface area contributed by atoms with Gasteiger partial charge in [-0.3, -0.25) is 9.69 Å². The van der Waals surface area contributed by atoms with Crippen LogP contribution in [0, 0.1) is 35.4 Å². The molecule has 4 unspecified atom stereocenters. The molecule has 3 saturated heterocycles. The third-order valence-electron chi connectivity index (χ3n) is 9.23. The van der Waals surface area contributed by atoms with Gasteiger partial charge in [0.15, 0.2) is 0 Å². The number of fused-ring (bicyclic) bond motifs is 3. The Kier molecular flexibility index (Phi) is 8.71. The molecule has 45 heavy (non-hydrogen) atoms. The van der Waals surface area contributed by atoms with Crippen LogP contribution in [0.4, 0.5) is 21.6 Å². The van der Waals surface area contributed by atoms with Gasteiger partial charge in [0.2, 0.25) is 5.91 Å². The van der Waals surface area contributed by atoms with E-state index in [-0.39, 0.29) is 23.1 Å². The maximum Gasteiger partial charge on any atom is 0.248 e. The number of nitrogens with zero attached hydrogens (tertiary/aromatic N) is 4. The number of benzene rings is 2. The molecule has 1 saturated carbocycles. The quantitative estimate of drug-likeness (QED) is 0.299. The lowest BCUT2D eigenvalue weighted by atomic mass is 10.0. The van der Waals surface area contributed by atoms with Crippen molar-refractivity contribution in [2.75, 3.05) is 63.6 Å². The van der Waals surface area contributed by atoms with Crippen LogP contribution in [0.15, 0.2) is 48.8 Å². The summed E-state index contributed by atoms with van der Waals surface area (Å²) >= 11 is 6.01. The highest BCUT2D eigenvalue weighted by Gasteiger charge is 2.39. The van der Waals surface area contributed by atoms with Gasteiger partial charge in [-0.15, -0.1) is 0 Å². The number of hydrogen-bond donors (Lipinski definition) is 2. The van der Waals surface area contributed by atoms with Crippen LogP contribution in [0.5, 0.6) is 0 Å². The molecule has 1 amide bonds. The highest BCUT2D eigenvalue weighted by molar-refractivity contribution is 6.31. The van der Waals surface area contributed by atoms with Gasteiger partial charge in [0.1, 0.15) is 18.0 Å². The van der Waals surface area contributed by atoms with Gasteiger partial charge >= 0.3 is 0 Å². The number of carbonyl (C=O) groups is 1. The number of likely N-dealkylation sites (tertiary alicyclic amines) is 2. The Morgan fingerprint density at radius 1 is 1.09 bits per heavy atom. The maximum atomic E-state index is 13.8. The molecule has 7 rings (SSSR count). The molecule has 11 heteroatoms. The van der Waals surface area contributed by atoms with E-state index in [1.807, 2.05) is 18.2 Å². The summed E-state index contributed by atoms with van der Waals surface area (Å²) in [6.45, 7) is 5.73. The predicted octanol–water partition coefficient (Wildman–Crippen LogP) is 4.70. The molecule has 2 N–H and O–H groups in total. The van der Waals surface area contributed by atoms with E-state index >= 15 is 0 Å². The van der Waals surface area contributed by atoms with Crippen LogP contribution in [-0.2, 0) is 14.3 Å². The van der Waals surface area contributed by atoms with Crippen molar-refractivity contribution in [3.63, 3.8) is 0 Å². The molecule has 0 spiro atoms. The molecule has 3 aliphatic heterocycles. The van der Waals surface area contributed by atoms with E-state index < -0.39 is 5.82 Å². The molecule has 1 aromatic heterocycles. The normalized spacial score (nSPS) is 26.5. The van der Waals surface area contributed by atoms with Crippen LogP contribution in [0.1, 0.15) is 18.4 Å². The number of rotatable bonds is 6. The lowest BCUT2D eigenvalue weighted by molar-refractivity contribution is -0.116. The topological polar surface area (TPSA) is 91.9 Å². The number of nitrogens with one attached hydrogen (secondary N) is 2. The molecule has 1 aliphatic carbocycles. The Morgan fingerprint density at radius 3 is 2.58 bits per heavy atom. The number of ether oxygens (including phenoxy) is 2. The first-order chi connectivity index (χ1) is 21.9. The molecule has 234 valence electrons. The van der Waals surface area contributed by atoms with Crippen molar-refractivity contribution < 1.29 is 18.7 Å².